The van der Waals surface area contributed by atoms with Crippen LogP contribution in [-0.2, 0) is 45.8 Å². The van der Waals surface area contributed by atoms with Crippen LogP contribution in [0.4, 0.5) is 4.79 Å². The highest BCUT2D eigenvalue weighted by Gasteiger charge is 2.72. The molecule has 5 heterocycles. The van der Waals surface area contributed by atoms with Crippen LogP contribution in [0.15, 0.2) is 71.8 Å². The van der Waals surface area contributed by atoms with E-state index < -0.39 is 63.0 Å². The monoisotopic (exact) mass is 725 g/mol. The maximum absolute atomic E-state index is 14.7. The van der Waals surface area contributed by atoms with E-state index in [0.717, 1.165) is 11.1 Å². The Morgan fingerprint density at radius 2 is 1.40 bits per heavy atom. The lowest BCUT2D eigenvalue weighted by molar-refractivity contribution is -0.190. The summed E-state index contributed by atoms with van der Waals surface area (Å²) >= 11 is 6.82. The zero-order valence-corrected chi connectivity index (χ0v) is 32.4. The number of halogens is 1. The van der Waals surface area contributed by atoms with Crippen molar-refractivity contribution >= 4 is 26.3 Å². The maximum atomic E-state index is 14.7. The van der Waals surface area contributed by atoms with E-state index in [4.69, 9.17) is 44.1 Å². The van der Waals surface area contributed by atoms with Crippen molar-refractivity contribution in [1.29, 1.82) is 0 Å². The van der Waals surface area contributed by atoms with Gasteiger partial charge in [0.25, 0.3) is 0 Å². The molecule has 4 saturated heterocycles. The Balaban J connectivity index is 1.37. The summed E-state index contributed by atoms with van der Waals surface area (Å²) in [5, 5.41) is -0.0583. The Hall–Kier alpha value is -2.28. The minimum Gasteiger partial charge on any atom is -0.445 e. The normalized spacial score (nSPS) is 35.7. The third kappa shape index (κ3) is 6.17. The molecule has 9 nitrogen and oxygen atoms in total. The third-order valence-electron chi connectivity index (χ3n) is 11.0. The van der Waals surface area contributed by atoms with E-state index in [1.807, 2.05) is 92.4 Å². The smallest absolute Gasteiger partial charge is 0.410 e. The van der Waals surface area contributed by atoms with E-state index >= 15 is 0 Å². The van der Waals surface area contributed by atoms with Crippen LogP contribution in [0, 0.1) is 5.92 Å². The van der Waals surface area contributed by atoms with Crippen LogP contribution >= 0.6 is 11.6 Å². The molecule has 5 aliphatic heterocycles. The minimum absolute atomic E-state index is 0.123. The van der Waals surface area contributed by atoms with Gasteiger partial charge in [0.05, 0.1) is 37.0 Å². The van der Waals surface area contributed by atoms with Crippen LogP contribution in [0.3, 0.4) is 0 Å². The highest BCUT2D eigenvalue weighted by molar-refractivity contribution is 6.73. The van der Waals surface area contributed by atoms with Crippen LogP contribution in [0.2, 0.25) is 10.1 Å². The van der Waals surface area contributed by atoms with E-state index in [-0.39, 0.29) is 34.8 Å². The van der Waals surface area contributed by atoms with Crippen molar-refractivity contribution in [2.75, 3.05) is 0 Å². The fourth-order valence-electron chi connectivity index (χ4n) is 9.10. The van der Waals surface area contributed by atoms with E-state index in [2.05, 4.69) is 41.5 Å². The van der Waals surface area contributed by atoms with Crippen molar-refractivity contribution in [3.8, 4) is 0 Å². The van der Waals surface area contributed by atoms with Crippen molar-refractivity contribution < 1.29 is 37.3 Å². The largest absolute Gasteiger partial charge is 0.445 e. The number of ether oxygens (including phenoxy) is 5. The number of hydrogen-bond acceptors (Lipinski definition) is 8. The molecule has 1 amide bonds. The van der Waals surface area contributed by atoms with Crippen LogP contribution in [0.25, 0.3) is 0 Å². The number of carbonyl (C=O) groups is 1. The Morgan fingerprint density at radius 1 is 0.840 bits per heavy atom. The topological polar surface area (TPSA) is 84.9 Å². The second kappa shape index (κ2) is 13.0. The molecule has 4 fully saturated rings. The van der Waals surface area contributed by atoms with E-state index in [9.17, 15) is 4.79 Å². The number of carbonyl (C=O) groups excluding carboxylic acids is 1. The van der Waals surface area contributed by atoms with Gasteiger partial charge >= 0.3 is 14.7 Å². The zero-order valence-electron chi connectivity index (χ0n) is 30.6. The van der Waals surface area contributed by atoms with Gasteiger partial charge in [-0.1, -0.05) is 114 Å². The first-order valence-corrected chi connectivity index (χ1v) is 20.1. The Bertz CT molecular complexity index is 1560. The van der Waals surface area contributed by atoms with Crippen LogP contribution < -0.4 is 0 Å². The third-order valence-corrected chi connectivity index (χ3v) is 16.5. The molecule has 7 rings (SSSR count). The molecular weight excluding hydrogens is 674 g/mol. The maximum Gasteiger partial charge on any atom is 0.410 e. The lowest BCUT2D eigenvalue weighted by Gasteiger charge is -2.60. The highest BCUT2D eigenvalue weighted by Crippen LogP contribution is 2.61. The van der Waals surface area contributed by atoms with E-state index in [1.54, 1.807) is 0 Å². The number of rotatable bonds is 6. The second-order valence-corrected chi connectivity index (χ2v) is 22.1. The highest BCUT2D eigenvalue weighted by atomic mass is 35.5. The fraction of sp³-hybridized carbons (Fsp3) is 0.615. The number of hydrogen-bond donors (Lipinski definition) is 0. The molecule has 0 spiro atoms. The number of piperidine rings is 1. The number of nitrogens with zero attached hydrogens (tertiary/aromatic N) is 1. The summed E-state index contributed by atoms with van der Waals surface area (Å²) in [7, 11) is -3.19. The summed E-state index contributed by atoms with van der Waals surface area (Å²) in [5.74, 6) is -1.16. The summed E-state index contributed by atoms with van der Waals surface area (Å²) in [6.07, 6.45) is -1.77. The van der Waals surface area contributed by atoms with Gasteiger partial charge in [-0.05, 0) is 38.0 Å². The lowest BCUT2D eigenvalue weighted by Crippen LogP contribution is -2.76. The first-order chi connectivity index (χ1) is 23.5. The summed E-state index contributed by atoms with van der Waals surface area (Å²) in [4.78, 5) is 16.5. The first-order valence-electron chi connectivity index (χ1n) is 17.9. The summed E-state index contributed by atoms with van der Waals surface area (Å²) in [6, 6.07) is 18.7. The number of amides is 1. The van der Waals surface area contributed by atoms with Gasteiger partial charge < -0.3 is 32.5 Å². The minimum atomic E-state index is -3.19. The molecule has 5 aliphatic rings. The standard InChI is InChI=1S/C39H52ClNO8Si/c1-23-30-35(47-39(8,9)46-30)34(43-21-24-16-12-10-13-17-24)29(41(23)36(42)44-22-25-18-14-11-15-19-25)32-28-27-20-26(40)31(45-27)33(28)49-50(48-32,37(2,3)4)38(5,6)7/h10-20,23,27-35H,21-22H2,1-9H3/t23-,27+,28-,29+,30+,31-,32+,33-,34+,35+/m1/s1. The molecule has 2 aromatic carbocycles. The Morgan fingerprint density at radius 3 is 2.00 bits per heavy atom. The lowest BCUT2D eigenvalue weighted by atomic mass is 9.77. The molecule has 0 aliphatic carbocycles. The summed E-state index contributed by atoms with van der Waals surface area (Å²) < 4.78 is 47.9. The molecule has 0 unspecified atom stereocenters. The van der Waals surface area contributed by atoms with Crippen molar-refractivity contribution in [3.05, 3.63) is 82.9 Å². The van der Waals surface area contributed by atoms with E-state index in [0.29, 0.717) is 11.6 Å². The van der Waals surface area contributed by atoms with Crippen LogP contribution in [0.5, 0.6) is 0 Å². The number of fused-ring (bicyclic) bond motifs is 6. The van der Waals surface area contributed by atoms with Gasteiger partial charge in [0.2, 0.25) is 0 Å². The molecular formula is C39H52ClNO8Si. The predicted molar refractivity (Wildman–Crippen MR) is 192 cm³/mol. The molecule has 0 saturated carbocycles. The number of likely N-dealkylation sites (tertiary alicyclic amines) is 1. The molecule has 2 aromatic rings. The van der Waals surface area contributed by atoms with Crippen molar-refractivity contribution in [1.82, 2.24) is 4.90 Å². The average Bonchev–Trinajstić information content (AvgIpc) is 3.72. The molecule has 0 aromatic heterocycles. The SMILES string of the molecule is C[C@@H]1[C@@H]2OC(C)(C)O[C@@H]2[C@@H](OCc2ccccc2)[C@H]([C@H]2O[Si](C(C)(C)C)(C(C)(C)C)O[C@@H]3[C@@H]2[C@@H]2C=C(Cl)[C@H]3O2)N1C(=O)OCc1ccccc1. The predicted octanol–water partition coefficient (Wildman–Crippen LogP) is 7.85. The Kier molecular flexibility index (Phi) is 9.37. The first kappa shape index (κ1) is 36.1. The van der Waals surface area contributed by atoms with Gasteiger partial charge in [-0.25, -0.2) is 4.79 Å². The van der Waals surface area contributed by atoms with Crippen molar-refractivity contribution in [2.24, 2.45) is 5.92 Å². The molecule has 11 heteroatoms. The summed E-state index contributed by atoms with van der Waals surface area (Å²) in [5.41, 5.74) is 1.91. The average molecular weight is 726 g/mol. The molecule has 0 radical (unpaired) electrons. The van der Waals surface area contributed by atoms with Crippen LogP contribution in [0.1, 0.15) is 73.4 Å². The molecule has 2 bridgehead atoms. The molecule has 10 atom stereocenters. The Labute approximate surface area is 302 Å². The fourth-order valence-corrected chi connectivity index (χ4v) is 14.5. The van der Waals surface area contributed by atoms with Crippen molar-refractivity contribution in [2.45, 2.75) is 146 Å². The van der Waals surface area contributed by atoms with Crippen molar-refractivity contribution in [3.63, 3.8) is 0 Å². The van der Waals surface area contributed by atoms with Gasteiger partial charge in [0.15, 0.2) is 5.79 Å². The van der Waals surface area contributed by atoms with Gasteiger partial charge in [-0.2, -0.15) is 0 Å². The molecule has 272 valence electrons. The zero-order chi connectivity index (χ0) is 35.8. The summed E-state index contributed by atoms with van der Waals surface area (Å²) in [6.45, 7) is 19.4. The van der Waals surface area contributed by atoms with E-state index in [1.165, 1.54) is 0 Å². The quantitative estimate of drug-likeness (QED) is 0.279. The second-order valence-electron chi connectivity index (χ2n) is 16.9. The number of benzene rings is 2. The van der Waals surface area contributed by atoms with Gasteiger partial charge in [-0.3, -0.25) is 4.90 Å². The van der Waals surface area contributed by atoms with Gasteiger partial charge in [0, 0.05) is 21.0 Å². The molecule has 0 N–H and O–H groups in total. The molecule has 50 heavy (non-hydrogen) atoms. The van der Waals surface area contributed by atoms with Gasteiger partial charge in [-0.15, -0.1) is 0 Å². The van der Waals surface area contributed by atoms with Crippen LogP contribution in [-0.4, -0.2) is 80.2 Å². The van der Waals surface area contributed by atoms with Gasteiger partial charge in [0.1, 0.15) is 31.0 Å².